The summed E-state index contributed by atoms with van der Waals surface area (Å²) in [5, 5.41) is -4.63. The lowest BCUT2D eigenvalue weighted by Gasteiger charge is -2.46. The number of cyclic esters (lactones) is 1. The summed E-state index contributed by atoms with van der Waals surface area (Å²) in [5.74, 6) is 3.67. The SMILES string of the molecule is CCC(C)(C)C(=O)OC(C)C(F)(F)S(=O)(=O)[O-].CCC(C)(C)C(=O)OC1(CC)CC2CC1C1C3CCC(C3)C21.CCC(C)(C)C(=O)OC1CCOC1=O.c1ccc([S+](c2ccccc2)c2ccccc2)cc1. The number of alkyl halides is 2. The smallest absolute Gasteiger partial charge is 0.369 e. The molecule has 8 rings (SSSR count). The van der Waals surface area contributed by atoms with Gasteiger partial charge in [0.1, 0.15) is 5.60 Å². The van der Waals surface area contributed by atoms with Crippen LogP contribution in [-0.4, -0.2) is 66.5 Å². The second-order valence-electron chi connectivity index (χ2n) is 22.0. The van der Waals surface area contributed by atoms with Crippen LogP contribution in [0.25, 0.3) is 0 Å². The van der Waals surface area contributed by atoms with E-state index in [4.69, 9.17) is 14.2 Å². The van der Waals surface area contributed by atoms with E-state index in [1.807, 2.05) is 20.8 Å². The van der Waals surface area contributed by atoms with Gasteiger partial charge in [0.05, 0.1) is 33.7 Å². The number of carbonyl (C=O) groups excluding carboxylic acids is 4. The molecule has 4 aliphatic carbocycles. The lowest BCUT2D eigenvalue weighted by atomic mass is 9.65. The fraction of sp³-hybridized carbons (Fsp3) is 0.614. The van der Waals surface area contributed by atoms with Crippen molar-refractivity contribution in [3.63, 3.8) is 0 Å². The molecule has 9 atom stereocenters. The summed E-state index contributed by atoms with van der Waals surface area (Å²) in [7, 11) is -5.87. The topological polar surface area (TPSA) is 162 Å². The van der Waals surface area contributed by atoms with E-state index < -0.39 is 50.3 Å². The van der Waals surface area contributed by atoms with Gasteiger partial charge in [-0.1, -0.05) is 82.3 Å². The molecule has 11 nitrogen and oxygen atoms in total. The minimum absolute atomic E-state index is 0.0146. The Morgan fingerprint density at radius 2 is 1.14 bits per heavy atom. The van der Waals surface area contributed by atoms with Gasteiger partial charge in [0.15, 0.2) is 30.9 Å². The summed E-state index contributed by atoms with van der Waals surface area (Å²) in [6, 6.07) is 32.2. The van der Waals surface area contributed by atoms with Gasteiger partial charge in [0, 0.05) is 12.3 Å². The van der Waals surface area contributed by atoms with Gasteiger partial charge in [-0.3, -0.25) is 14.4 Å². The van der Waals surface area contributed by atoms with E-state index in [1.165, 1.54) is 54.2 Å². The van der Waals surface area contributed by atoms with Crippen molar-refractivity contribution in [2.24, 2.45) is 51.8 Å². The molecule has 0 radical (unpaired) electrons. The summed E-state index contributed by atoms with van der Waals surface area (Å²) in [4.78, 5) is 50.8. The van der Waals surface area contributed by atoms with Gasteiger partial charge in [-0.15, -0.1) is 0 Å². The van der Waals surface area contributed by atoms with Crippen molar-refractivity contribution in [3.8, 4) is 0 Å². The van der Waals surface area contributed by atoms with Crippen LogP contribution < -0.4 is 0 Å². The molecule has 72 heavy (non-hydrogen) atoms. The summed E-state index contributed by atoms with van der Waals surface area (Å²) in [5.41, 5.74) is -2.00. The van der Waals surface area contributed by atoms with Gasteiger partial charge in [-0.25, -0.2) is 13.2 Å². The average molecular weight is 1040 g/mol. The largest absolute Gasteiger partial charge is 0.743 e. The Morgan fingerprint density at radius 1 is 0.694 bits per heavy atom. The molecule has 9 unspecified atom stereocenters. The number of halogens is 2. The molecule has 0 spiro atoms. The molecule has 3 aromatic rings. The minimum atomic E-state index is -5.86. The summed E-state index contributed by atoms with van der Waals surface area (Å²) in [6.45, 7) is 19.5. The highest BCUT2D eigenvalue weighted by Crippen LogP contribution is 2.71. The Hall–Kier alpha value is -4.34. The zero-order valence-electron chi connectivity index (χ0n) is 44.1. The fourth-order valence-corrected chi connectivity index (χ4v) is 13.2. The molecule has 1 saturated heterocycles. The molecule has 4 saturated carbocycles. The highest BCUT2D eigenvalue weighted by molar-refractivity contribution is 7.97. The second kappa shape index (κ2) is 23.9. The van der Waals surface area contributed by atoms with Crippen LogP contribution in [0.15, 0.2) is 106 Å². The van der Waals surface area contributed by atoms with Crippen molar-refractivity contribution in [2.75, 3.05) is 6.61 Å². The molecule has 1 aliphatic heterocycles. The van der Waals surface area contributed by atoms with Crippen LogP contribution in [0.3, 0.4) is 0 Å². The van der Waals surface area contributed by atoms with E-state index in [1.54, 1.807) is 20.8 Å². The average Bonchev–Trinajstić information content (AvgIpc) is 4.22. The van der Waals surface area contributed by atoms with Gasteiger partial charge in [0.2, 0.25) is 6.10 Å². The van der Waals surface area contributed by atoms with Crippen LogP contribution in [0.4, 0.5) is 8.78 Å². The number of carbonyl (C=O) groups is 4. The monoisotopic (exact) mass is 1040 g/mol. The lowest BCUT2D eigenvalue weighted by Crippen LogP contribution is -2.49. The molecule has 398 valence electrons. The predicted molar refractivity (Wildman–Crippen MR) is 272 cm³/mol. The van der Waals surface area contributed by atoms with Crippen LogP contribution >= 0.6 is 0 Å². The summed E-state index contributed by atoms with van der Waals surface area (Å²) >= 11 is 0. The standard InChI is InChI=1S/C20H32O2.C18H15S.C10H16O4.C9H16F2O5S/c1-5-19(3,4)18(21)22-20(6-2)11-14-10-15(20)17-13-8-7-12(9-13)16(14)17;1-4-10-16(11-5-1)19(17-12-6-2-7-13-17)18-14-8-3-9-15-18;1-4-10(2,3)9(12)14-7-5-6-13-8(7)11;1-5-8(3,4)7(12)16-6(2)9(10,11)17(13,14)15/h12-17H,5-11H2,1-4H3;1-15H;7H,4-6H2,1-3H3;6H,5H2,1-4H3,(H,13,14,15)/q;+1;;/p-1. The highest BCUT2D eigenvalue weighted by Gasteiger charge is 2.68. The highest BCUT2D eigenvalue weighted by atomic mass is 32.2. The number of ether oxygens (including phenoxy) is 4. The molecular weight excluding hydrogens is 963 g/mol. The van der Waals surface area contributed by atoms with E-state index in [-0.39, 0.29) is 33.8 Å². The molecule has 5 aliphatic rings. The Morgan fingerprint density at radius 3 is 1.56 bits per heavy atom. The third-order valence-electron chi connectivity index (χ3n) is 16.3. The molecule has 0 aromatic heterocycles. The van der Waals surface area contributed by atoms with E-state index in [2.05, 4.69) is 110 Å². The maximum absolute atomic E-state index is 13.0. The van der Waals surface area contributed by atoms with Crippen molar-refractivity contribution in [2.45, 2.75) is 178 Å². The number of hydrogen-bond acceptors (Lipinski definition) is 11. The van der Waals surface area contributed by atoms with Crippen LogP contribution in [0.2, 0.25) is 0 Å². The molecule has 4 bridgehead atoms. The van der Waals surface area contributed by atoms with Gasteiger partial charge in [-0.05, 0) is 172 Å². The quantitative estimate of drug-likeness (QED) is 0.0468. The number of hydrogen-bond donors (Lipinski definition) is 0. The summed E-state index contributed by atoms with van der Waals surface area (Å²) in [6.07, 6.45) is 7.27. The van der Waals surface area contributed by atoms with Crippen molar-refractivity contribution in [3.05, 3.63) is 91.0 Å². The molecule has 1 heterocycles. The van der Waals surface area contributed by atoms with Gasteiger partial charge < -0.3 is 23.5 Å². The van der Waals surface area contributed by atoms with Crippen molar-refractivity contribution >= 4 is 44.9 Å². The third-order valence-corrected chi connectivity index (χ3v) is 19.5. The fourth-order valence-electron chi connectivity index (χ4n) is 10.6. The molecular formula is C57H78F2O11S2. The Labute approximate surface area is 430 Å². The lowest BCUT2D eigenvalue weighted by molar-refractivity contribution is -0.183. The predicted octanol–water partition coefficient (Wildman–Crippen LogP) is 12.4. The first kappa shape index (κ1) is 58.5. The number of benzene rings is 3. The van der Waals surface area contributed by atoms with E-state index in [0.29, 0.717) is 38.7 Å². The number of rotatable bonds is 15. The van der Waals surface area contributed by atoms with Gasteiger partial charge in [0.25, 0.3) is 0 Å². The first-order chi connectivity index (χ1) is 33.7. The Kier molecular flexibility index (Phi) is 19.4. The first-order valence-electron chi connectivity index (χ1n) is 25.7. The first-order valence-corrected chi connectivity index (χ1v) is 28.4. The Balaban J connectivity index is 0.000000181. The maximum atomic E-state index is 13.0. The Bertz CT molecular complexity index is 2300. The molecule has 0 amide bonds. The van der Waals surface area contributed by atoms with E-state index >= 15 is 0 Å². The second-order valence-corrected chi connectivity index (χ2v) is 25.5. The van der Waals surface area contributed by atoms with Crippen LogP contribution in [0.1, 0.15) is 140 Å². The summed E-state index contributed by atoms with van der Waals surface area (Å²) < 4.78 is 77.3. The van der Waals surface area contributed by atoms with Gasteiger partial charge in [-0.2, -0.15) is 8.78 Å². The molecule has 5 fully saturated rings. The molecule has 15 heteroatoms. The third kappa shape index (κ3) is 13.3. The zero-order valence-corrected chi connectivity index (χ0v) is 45.8. The maximum Gasteiger partial charge on any atom is 0.369 e. The minimum Gasteiger partial charge on any atom is -0.743 e. The van der Waals surface area contributed by atoms with E-state index in [0.717, 1.165) is 48.9 Å². The van der Waals surface area contributed by atoms with Crippen molar-refractivity contribution < 1.29 is 59.9 Å². The molecule has 3 aromatic carbocycles. The zero-order chi connectivity index (χ0) is 53.5. The number of esters is 4. The van der Waals surface area contributed by atoms with Crippen LogP contribution in [-0.2, 0) is 59.1 Å². The number of fused-ring (bicyclic) bond motifs is 9. The van der Waals surface area contributed by atoms with Crippen molar-refractivity contribution in [1.82, 2.24) is 0 Å². The van der Waals surface area contributed by atoms with Crippen LogP contribution in [0.5, 0.6) is 0 Å². The molecule has 0 N–H and O–H groups in total. The van der Waals surface area contributed by atoms with Crippen molar-refractivity contribution in [1.29, 1.82) is 0 Å². The normalized spacial score (nSPS) is 25.6. The van der Waals surface area contributed by atoms with Crippen LogP contribution in [0, 0.1) is 51.8 Å². The van der Waals surface area contributed by atoms with Gasteiger partial charge >= 0.3 is 29.1 Å². The van der Waals surface area contributed by atoms with E-state index in [9.17, 15) is 40.9 Å².